The van der Waals surface area contributed by atoms with Crippen molar-refractivity contribution in [2.75, 3.05) is 20.8 Å². The summed E-state index contributed by atoms with van der Waals surface area (Å²) in [5.41, 5.74) is 6.74. The summed E-state index contributed by atoms with van der Waals surface area (Å²) in [7, 11) is 2.61. The van der Waals surface area contributed by atoms with E-state index in [4.69, 9.17) is 19.4 Å². The molecule has 14 heteroatoms. The summed E-state index contributed by atoms with van der Waals surface area (Å²) in [6, 6.07) is 28.7. The number of benzene rings is 4. The number of nitrogens with one attached hydrogen (secondary N) is 4. The van der Waals surface area contributed by atoms with Crippen LogP contribution in [-0.4, -0.2) is 86.6 Å². The lowest BCUT2D eigenvalue weighted by molar-refractivity contribution is -0.138. The van der Waals surface area contributed by atoms with Gasteiger partial charge in [-0.1, -0.05) is 92.7 Å². The van der Waals surface area contributed by atoms with Crippen molar-refractivity contribution in [3.8, 4) is 33.6 Å². The summed E-state index contributed by atoms with van der Waals surface area (Å²) in [6.45, 7) is 4.51. The molecule has 10 rings (SSSR count). The number of piperidine rings is 1. The number of aromatic amines is 2. The lowest BCUT2D eigenvalue weighted by atomic mass is 9.96. The van der Waals surface area contributed by atoms with E-state index >= 15 is 0 Å². The number of aromatic nitrogens is 4. The van der Waals surface area contributed by atoms with Gasteiger partial charge < -0.3 is 39.9 Å². The normalized spacial score (nSPS) is 21.4. The Morgan fingerprint density at radius 3 is 2.03 bits per heavy atom. The zero-order valence-corrected chi connectivity index (χ0v) is 37.0. The minimum atomic E-state index is -0.874. The molecule has 2 aromatic heterocycles. The first-order valence-electron chi connectivity index (χ1n) is 22.6. The number of nitrogens with zero attached hydrogens (tertiary/aromatic N) is 4. The van der Waals surface area contributed by atoms with Gasteiger partial charge in [-0.15, -0.1) is 0 Å². The van der Waals surface area contributed by atoms with Crippen LogP contribution >= 0.6 is 0 Å². The molecular formula is C51H54N8O6. The Morgan fingerprint density at radius 1 is 0.723 bits per heavy atom. The van der Waals surface area contributed by atoms with Crippen LogP contribution in [0.1, 0.15) is 87.7 Å². The van der Waals surface area contributed by atoms with Crippen LogP contribution in [0.3, 0.4) is 0 Å². The molecule has 4 amide bonds. The average molecular weight is 875 g/mol. The zero-order chi connectivity index (χ0) is 45.0. The van der Waals surface area contributed by atoms with E-state index in [2.05, 4.69) is 81.3 Å². The molecule has 2 bridgehead atoms. The van der Waals surface area contributed by atoms with Gasteiger partial charge in [0.05, 0.1) is 50.1 Å². The second-order valence-corrected chi connectivity index (χ2v) is 18.7. The van der Waals surface area contributed by atoms with Gasteiger partial charge in [-0.05, 0) is 101 Å². The Bertz CT molecular complexity index is 2760. The van der Waals surface area contributed by atoms with Crippen LogP contribution < -0.4 is 10.6 Å². The largest absolute Gasteiger partial charge is 0.453 e. The summed E-state index contributed by atoms with van der Waals surface area (Å²) in [5.74, 6) is 1.40. The lowest BCUT2D eigenvalue weighted by Gasteiger charge is -2.36. The highest BCUT2D eigenvalue weighted by molar-refractivity contribution is 5.91. The fourth-order valence-corrected chi connectivity index (χ4v) is 10.6. The number of ether oxygens (including phenoxy) is 2. The molecule has 4 aliphatic rings. The minimum absolute atomic E-state index is 0.0761. The molecule has 4 aromatic carbocycles. The highest BCUT2D eigenvalue weighted by Gasteiger charge is 2.55. The molecular weight excluding hydrogens is 821 g/mol. The molecule has 14 nitrogen and oxygen atoms in total. The van der Waals surface area contributed by atoms with Crippen molar-refractivity contribution >= 4 is 34.8 Å². The fraction of sp³-hybridized carbons (Fsp3) is 0.373. The molecule has 6 atom stereocenters. The summed E-state index contributed by atoms with van der Waals surface area (Å²) in [4.78, 5) is 73.4. The quantitative estimate of drug-likeness (QED) is 0.0999. The molecule has 6 aromatic rings. The van der Waals surface area contributed by atoms with Crippen molar-refractivity contribution in [3.05, 3.63) is 121 Å². The maximum Gasteiger partial charge on any atom is 0.407 e. The third-order valence-electron chi connectivity index (χ3n) is 14.3. The van der Waals surface area contributed by atoms with Crippen molar-refractivity contribution in [1.29, 1.82) is 0 Å². The van der Waals surface area contributed by atoms with E-state index in [0.717, 1.165) is 94.6 Å². The van der Waals surface area contributed by atoms with E-state index < -0.39 is 24.3 Å². The highest BCUT2D eigenvalue weighted by Crippen LogP contribution is 2.58. The van der Waals surface area contributed by atoms with Gasteiger partial charge in [0.1, 0.15) is 23.7 Å². The van der Waals surface area contributed by atoms with Crippen molar-refractivity contribution in [2.45, 2.75) is 82.6 Å². The van der Waals surface area contributed by atoms with Crippen molar-refractivity contribution < 1.29 is 28.7 Å². The average Bonchev–Trinajstić information content (AvgIpc) is 3.97. The third-order valence-corrected chi connectivity index (χ3v) is 14.3. The van der Waals surface area contributed by atoms with Crippen LogP contribution in [-0.2, 0) is 19.1 Å². The lowest BCUT2D eigenvalue weighted by Crippen LogP contribution is -2.51. The summed E-state index contributed by atoms with van der Waals surface area (Å²) in [6.07, 6.45) is 8.28. The Labute approximate surface area is 377 Å². The van der Waals surface area contributed by atoms with Crippen molar-refractivity contribution in [1.82, 2.24) is 40.4 Å². The molecule has 1 spiro atoms. The van der Waals surface area contributed by atoms with Gasteiger partial charge in [-0.25, -0.2) is 19.6 Å². The molecule has 334 valence electrons. The van der Waals surface area contributed by atoms with Gasteiger partial charge in [-0.2, -0.15) is 0 Å². The number of H-pyrrole nitrogens is 2. The SMILES string of the molecule is COC(=O)NC(C(=O)N1[C@@H]2CC[C@@H](C2)[C@H]1c1ncc(-c2ccc(-c3ccc4cc(-c5cnc([C@@H]6CC7(CC7)CN6C(=O)[C@@H](NC(=O)OC)C(C)C)[nH]5)ccc4c3)cc2)[nH]1)c1ccccc1. The molecule has 2 aliphatic carbocycles. The Kier molecular flexibility index (Phi) is 10.9. The predicted molar refractivity (Wildman–Crippen MR) is 245 cm³/mol. The standard InChI is InChI=1S/C51H54N8O6/c1-29(2)42(56-49(62)64-3)47(60)58-28-51(20-21-51)25-41(58)45-52-27-40(54-45)36-17-16-34-22-33(14-15-35(34)23-36)30-10-12-31(13-11-30)39-26-53-46(55-39)44-37-18-19-38(24-37)59(44)48(61)43(57-50(63)65-4)32-8-6-5-7-9-32/h5-17,22-23,26-27,29,37-38,41-44H,18-21,24-25,28H2,1-4H3,(H,52,54)(H,53,55)(H,56,62)(H,57,63)/t37-,38+,41-,42-,43?,44-/m0/s1. The highest BCUT2D eigenvalue weighted by atomic mass is 16.5. The van der Waals surface area contributed by atoms with Gasteiger partial charge in [0.25, 0.3) is 5.91 Å². The van der Waals surface area contributed by atoms with Crippen LogP contribution in [0, 0.1) is 17.3 Å². The predicted octanol–water partition coefficient (Wildman–Crippen LogP) is 8.87. The van der Waals surface area contributed by atoms with Gasteiger partial charge >= 0.3 is 12.2 Å². The van der Waals surface area contributed by atoms with E-state index in [0.29, 0.717) is 12.1 Å². The number of methoxy groups -OCH3 is 2. The summed E-state index contributed by atoms with van der Waals surface area (Å²) >= 11 is 0. The molecule has 4 N–H and O–H groups in total. The maximum atomic E-state index is 14.3. The maximum absolute atomic E-state index is 14.3. The van der Waals surface area contributed by atoms with Gasteiger partial charge in [0.15, 0.2) is 0 Å². The number of fused-ring (bicyclic) bond motifs is 3. The van der Waals surface area contributed by atoms with Crippen LogP contribution in [0.5, 0.6) is 0 Å². The fourth-order valence-electron chi connectivity index (χ4n) is 10.6. The van der Waals surface area contributed by atoms with Crippen LogP contribution in [0.4, 0.5) is 9.59 Å². The van der Waals surface area contributed by atoms with E-state index in [1.165, 1.54) is 14.2 Å². The smallest absolute Gasteiger partial charge is 0.407 e. The number of imidazole rings is 2. The van der Waals surface area contributed by atoms with Gasteiger partial charge in [0.2, 0.25) is 5.91 Å². The number of hydrogen-bond acceptors (Lipinski definition) is 8. The van der Waals surface area contributed by atoms with Crippen LogP contribution in [0.25, 0.3) is 44.4 Å². The zero-order valence-electron chi connectivity index (χ0n) is 37.0. The first kappa shape index (κ1) is 42.0. The van der Waals surface area contributed by atoms with Crippen LogP contribution in [0.2, 0.25) is 0 Å². The molecule has 0 radical (unpaired) electrons. The number of alkyl carbamates (subject to hydrolysis) is 2. The van der Waals surface area contributed by atoms with E-state index in [-0.39, 0.29) is 47.2 Å². The van der Waals surface area contributed by atoms with Crippen LogP contribution in [0.15, 0.2) is 103 Å². The van der Waals surface area contributed by atoms with Crippen molar-refractivity contribution in [2.24, 2.45) is 17.3 Å². The Morgan fingerprint density at radius 2 is 1.34 bits per heavy atom. The first-order chi connectivity index (χ1) is 31.5. The van der Waals surface area contributed by atoms with E-state index in [1.807, 2.05) is 66.4 Å². The van der Waals surface area contributed by atoms with Crippen molar-refractivity contribution in [3.63, 3.8) is 0 Å². The number of carbonyl (C=O) groups is 4. The number of carbonyl (C=O) groups excluding carboxylic acids is 4. The monoisotopic (exact) mass is 874 g/mol. The van der Waals surface area contributed by atoms with E-state index in [9.17, 15) is 19.2 Å². The molecule has 2 aliphatic heterocycles. The summed E-state index contributed by atoms with van der Waals surface area (Å²) in [5, 5.41) is 7.74. The number of likely N-dealkylation sites (tertiary alicyclic amines) is 2. The topological polar surface area (TPSA) is 175 Å². The Balaban J connectivity index is 0.838. The molecule has 65 heavy (non-hydrogen) atoms. The van der Waals surface area contributed by atoms with E-state index in [1.54, 1.807) is 0 Å². The molecule has 4 fully saturated rings. The molecule has 4 heterocycles. The molecule has 2 saturated carbocycles. The first-order valence-corrected chi connectivity index (χ1v) is 22.6. The second-order valence-electron chi connectivity index (χ2n) is 18.7. The number of hydrogen-bond donors (Lipinski definition) is 4. The number of amides is 4. The second kappa shape index (κ2) is 16.9. The minimum Gasteiger partial charge on any atom is -0.453 e. The van der Waals surface area contributed by atoms with Gasteiger partial charge in [0, 0.05) is 18.2 Å². The number of rotatable bonds is 11. The molecule has 1 unspecified atom stereocenters. The Hall–Kier alpha value is -6.96. The van der Waals surface area contributed by atoms with Gasteiger partial charge in [-0.3, -0.25) is 9.59 Å². The third kappa shape index (κ3) is 7.99. The summed E-state index contributed by atoms with van der Waals surface area (Å²) < 4.78 is 9.73. The molecule has 2 saturated heterocycles.